The number of amides is 1. The molecule has 1 aromatic carbocycles. The van der Waals surface area contributed by atoms with Crippen molar-refractivity contribution in [3.05, 3.63) is 52.5 Å². The summed E-state index contributed by atoms with van der Waals surface area (Å²) in [6, 6.07) is 11.2. The van der Waals surface area contributed by atoms with Gasteiger partial charge in [-0.15, -0.1) is 11.3 Å². The molecule has 0 saturated carbocycles. The van der Waals surface area contributed by atoms with E-state index >= 15 is 0 Å². The Labute approximate surface area is 149 Å². The van der Waals surface area contributed by atoms with E-state index in [-0.39, 0.29) is 31.1 Å². The molecule has 1 N–H and O–H groups in total. The monoisotopic (exact) mass is 357 g/mol. The molecule has 0 spiro atoms. The van der Waals surface area contributed by atoms with Crippen molar-refractivity contribution in [1.82, 2.24) is 14.9 Å². The second kappa shape index (κ2) is 7.48. The number of hydrogen-bond donors (Lipinski definition) is 1. The fraction of sp³-hybridized carbons (Fsp3) is 0.278. The lowest BCUT2D eigenvalue weighted by molar-refractivity contribution is -0.148. The van der Waals surface area contributed by atoms with Gasteiger partial charge in [0.15, 0.2) is 0 Å². The third kappa shape index (κ3) is 4.06. The summed E-state index contributed by atoms with van der Waals surface area (Å²) in [6.07, 6.45) is -0.177. The Balaban J connectivity index is 1.82. The lowest BCUT2D eigenvalue weighted by Crippen LogP contribution is -2.25. The number of imidazole rings is 1. The molecule has 2 aromatic heterocycles. The number of benzene rings is 1. The van der Waals surface area contributed by atoms with Gasteiger partial charge in [0.1, 0.15) is 12.4 Å². The minimum absolute atomic E-state index is 0.0584. The second-order valence-electron chi connectivity index (χ2n) is 5.80. The van der Waals surface area contributed by atoms with Crippen LogP contribution in [0.4, 0.5) is 0 Å². The lowest BCUT2D eigenvalue weighted by atomic mass is 10.3. The number of carbonyl (C=O) groups is 2. The molecule has 0 saturated heterocycles. The number of ether oxygens (including phenoxy) is 1. The van der Waals surface area contributed by atoms with Crippen molar-refractivity contribution in [2.75, 3.05) is 0 Å². The van der Waals surface area contributed by atoms with Crippen molar-refractivity contribution in [2.24, 2.45) is 0 Å². The highest BCUT2D eigenvalue weighted by Crippen LogP contribution is 2.17. The number of fused-ring (bicyclic) bond motifs is 1. The van der Waals surface area contributed by atoms with E-state index in [1.807, 2.05) is 49.6 Å². The standard InChI is InChI=1S/C18H19N3O3S/c1-12(2)24-17(22)11-21-14-7-4-3-6-13(14)20-16(21)10-19-18(23)15-8-5-9-25-15/h3-9,12H,10-11H2,1-2H3,(H,19,23). The molecule has 0 radical (unpaired) electrons. The molecule has 7 heteroatoms. The van der Waals surface area contributed by atoms with Gasteiger partial charge in [0.05, 0.1) is 28.6 Å². The Morgan fingerprint density at radius 2 is 2.04 bits per heavy atom. The van der Waals surface area contributed by atoms with E-state index in [4.69, 9.17) is 4.74 Å². The first-order valence-electron chi connectivity index (χ1n) is 8.00. The predicted molar refractivity (Wildman–Crippen MR) is 96.5 cm³/mol. The summed E-state index contributed by atoms with van der Waals surface area (Å²) in [5, 5.41) is 4.71. The quantitative estimate of drug-likeness (QED) is 0.688. The first-order valence-corrected chi connectivity index (χ1v) is 8.88. The zero-order valence-corrected chi connectivity index (χ0v) is 14.9. The zero-order valence-electron chi connectivity index (χ0n) is 14.1. The van der Waals surface area contributed by atoms with Crippen LogP contribution in [-0.4, -0.2) is 27.5 Å². The number of aromatic nitrogens is 2. The maximum Gasteiger partial charge on any atom is 0.326 e. The molecular weight excluding hydrogens is 338 g/mol. The molecule has 0 aliphatic heterocycles. The fourth-order valence-electron chi connectivity index (χ4n) is 2.52. The smallest absolute Gasteiger partial charge is 0.326 e. The molecule has 0 aliphatic rings. The molecule has 0 aliphatic carbocycles. The third-order valence-electron chi connectivity index (χ3n) is 3.54. The Morgan fingerprint density at radius 3 is 2.76 bits per heavy atom. The maximum absolute atomic E-state index is 12.1. The molecular formula is C18H19N3O3S. The van der Waals surface area contributed by atoms with Crippen molar-refractivity contribution in [3.63, 3.8) is 0 Å². The summed E-state index contributed by atoms with van der Waals surface area (Å²) in [4.78, 5) is 29.4. The Morgan fingerprint density at radius 1 is 1.24 bits per heavy atom. The zero-order chi connectivity index (χ0) is 17.8. The Bertz CT molecular complexity index is 884. The summed E-state index contributed by atoms with van der Waals surface area (Å²) in [5.74, 6) is 0.133. The average Bonchev–Trinajstić information content (AvgIpc) is 3.21. The van der Waals surface area contributed by atoms with Crippen LogP contribution in [0.1, 0.15) is 29.3 Å². The van der Waals surface area contributed by atoms with Gasteiger partial charge in [-0.05, 0) is 37.4 Å². The number of carbonyl (C=O) groups excluding carboxylic acids is 2. The van der Waals surface area contributed by atoms with Crippen molar-refractivity contribution >= 4 is 34.2 Å². The van der Waals surface area contributed by atoms with Crippen LogP contribution in [-0.2, 0) is 22.6 Å². The van der Waals surface area contributed by atoms with Crippen LogP contribution in [0.5, 0.6) is 0 Å². The highest BCUT2D eigenvalue weighted by atomic mass is 32.1. The Hall–Kier alpha value is -2.67. The van der Waals surface area contributed by atoms with Crippen LogP contribution in [0, 0.1) is 0 Å². The first-order chi connectivity index (χ1) is 12.0. The fourth-order valence-corrected chi connectivity index (χ4v) is 3.16. The summed E-state index contributed by atoms with van der Waals surface area (Å²) in [6.45, 7) is 3.92. The molecule has 0 bridgehead atoms. The van der Waals surface area contributed by atoms with Gasteiger partial charge in [-0.25, -0.2) is 4.98 Å². The molecule has 6 nitrogen and oxygen atoms in total. The lowest BCUT2D eigenvalue weighted by Gasteiger charge is -2.11. The summed E-state index contributed by atoms with van der Waals surface area (Å²) in [7, 11) is 0. The van der Waals surface area contributed by atoms with E-state index in [2.05, 4.69) is 10.3 Å². The van der Waals surface area contributed by atoms with Gasteiger partial charge in [-0.1, -0.05) is 18.2 Å². The number of rotatable bonds is 6. The minimum Gasteiger partial charge on any atom is -0.462 e. The van der Waals surface area contributed by atoms with Gasteiger partial charge in [0.2, 0.25) is 0 Å². The van der Waals surface area contributed by atoms with E-state index in [0.29, 0.717) is 10.7 Å². The van der Waals surface area contributed by atoms with Crippen molar-refractivity contribution in [1.29, 1.82) is 0 Å². The van der Waals surface area contributed by atoms with Crippen molar-refractivity contribution in [3.8, 4) is 0 Å². The summed E-state index contributed by atoms with van der Waals surface area (Å²) < 4.78 is 7.03. The molecule has 1 amide bonds. The first kappa shape index (κ1) is 17.2. The van der Waals surface area contributed by atoms with Gasteiger partial charge in [0, 0.05) is 0 Å². The van der Waals surface area contributed by atoms with Gasteiger partial charge in [-0.3, -0.25) is 9.59 Å². The van der Waals surface area contributed by atoms with E-state index in [1.165, 1.54) is 11.3 Å². The van der Waals surface area contributed by atoms with E-state index in [1.54, 1.807) is 10.6 Å². The van der Waals surface area contributed by atoms with Crippen LogP contribution in [0.3, 0.4) is 0 Å². The highest BCUT2D eigenvalue weighted by Gasteiger charge is 2.16. The number of para-hydroxylation sites is 2. The van der Waals surface area contributed by atoms with E-state index in [0.717, 1.165) is 11.0 Å². The topological polar surface area (TPSA) is 73.2 Å². The Kier molecular flexibility index (Phi) is 5.14. The average molecular weight is 357 g/mol. The normalized spacial score (nSPS) is 11.0. The SMILES string of the molecule is CC(C)OC(=O)Cn1c(CNC(=O)c2cccs2)nc2ccccc21. The second-order valence-corrected chi connectivity index (χ2v) is 6.75. The summed E-state index contributed by atoms with van der Waals surface area (Å²) in [5.41, 5.74) is 1.61. The van der Waals surface area contributed by atoms with Crippen LogP contribution in [0.15, 0.2) is 41.8 Å². The third-order valence-corrected chi connectivity index (χ3v) is 4.41. The molecule has 0 unspecified atom stereocenters. The van der Waals surface area contributed by atoms with E-state index < -0.39 is 0 Å². The molecule has 0 atom stereocenters. The number of nitrogens with one attached hydrogen (secondary N) is 1. The van der Waals surface area contributed by atoms with Crippen molar-refractivity contribution < 1.29 is 14.3 Å². The van der Waals surface area contributed by atoms with Gasteiger partial charge in [0.25, 0.3) is 5.91 Å². The largest absolute Gasteiger partial charge is 0.462 e. The molecule has 130 valence electrons. The predicted octanol–water partition coefficient (Wildman–Crippen LogP) is 2.98. The van der Waals surface area contributed by atoms with Gasteiger partial charge < -0.3 is 14.6 Å². The minimum atomic E-state index is -0.330. The van der Waals surface area contributed by atoms with Crippen LogP contribution < -0.4 is 5.32 Å². The summed E-state index contributed by atoms with van der Waals surface area (Å²) >= 11 is 1.38. The number of esters is 1. The van der Waals surface area contributed by atoms with E-state index in [9.17, 15) is 9.59 Å². The molecule has 25 heavy (non-hydrogen) atoms. The van der Waals surface area contributed by atoms with Crippen molar-refractivity contribution in [2.45, 2.75) is 33.0 Å². The number of thiophene rings is 1. The molecule has 3 rings (SSSR count). The van der Waals surface area contributed by atoms with Crippen LogP contribution in [0.2, 0.25) is 0 Å². The number of nitrogens with zero attached hydrogens (tertiary/aromatic N) is 2. The highest BCUT2D eigenvalue weighted by molar-refractivity contribution is 7.12. The molecule has 3 aromatic rings. The van der Waals surface area contributed by atoms with Crippen LogP contribution in [0.25, 0.3) is 11.0 Å². The number of hydrogen-bond acceptors (Lipinski definition) is 5. The molecule has 0 fully saturated rings. The molecule has 2 heterocycles. The van der Waals surface area contributed by atoms with Gasteiger partial charge >= 0.3 is 5.97 Å². The maximum atomic E-state index is 12.1. The van der Waals surface area contributed by atoms with Gasteiger partial charge in [-0.2, -0.15) is 0 Å². The van der Waals surface area contributed by atoms with Crippen LogP contribution >= 0.6 is 11.3 Å².